The second-order valence-electron chi connectivity index (χ2n) is 6.50. The predicted molar refractivity (Wildman–Crippen MR) is 108 cm³/mol. The summed E-state index contributed by atoms with van der Waals surface area (Å²) in [5, 5.41) is 16.5. The number of thiophene rings is 1. The van der Waals surface area contributed by atoms with Gasteiger partial charge in [-0.1, -0.05) is 24.3 Å². The first-order chi connectivity index (χ1) is 12.5. The van der Waals surface area contributed by atoms with E-state index in [1.165, 1.54) is 11.1 Å². The summed E-state index contributed by atoms with van der Waals surface area (Å²) < 4.78 is 0. The highest BCUT2D eigenvalue weighted by Crippen LogP contribution is 2.39. The van der Waals surface area contributed by atoms with Crippen LogP contribution in [0.3, 0.4) is 0 Å². The number of aromatic nitrogens is 2. The molecule has 0 unspecified atom stereocenters. The van der Waals surface area contributed by atoms with Crippen LogP contribution in [0, 0.1) is 20.8 Å². The Bertz CT molecular complexity index is 1120. The van der Waals surface area contributed by atoms with Crippen molar-refractivity contribution in [2.75, 3.05) is 5.32 Å². The number of phenols is 1. The van der Waals surface area contributed by atoms with Crippen molar-refractivity contribution in [3.63, 3.8) is 0 Å². The normalized spacial score (nSPS) is 11.0. The average molecular weight is 361 g/mol. The average Bonchev–Trinajstić information content (AvgIpc) is 3.06. The zero-order valence-electron chi connectivity index (χ0n) is 14.9. The van der Waals surface area contributed by atoms with Gasteiger partial charge in [-0.2, -0.15) is 0 Å². The Morgan fingerprint density at radius 3 is 2.62 bits per heavy atom. The molecule has 2 aromatic carbocycles. The number of rotatable bonds is 3. The number of fused-ring (bicyclic) bond motifs is 1. The molecule has 4 nitrogen and oxygen atoms in total. The second-order valence-corrected chi connectivity index (χ2v) is 7.35. The van der Waals surface area contributed by atoms with Crippen molar-refractivity contribution in [2.45, 2.75) is 20.8 Å². The molecule has 0 aliphatic carbocycles. The summed E-state index contributed by atoms with van der Waals surface area (Å²) in [6.07, 6.45) is 1.55. The van der Waals surface area contributed by atoms with Crippen molar-refractivity contribution in [1.29, 1.82) is 0 Å². The second kappa shape index (κ2) is 6.42. The Balaban J connectivity index is 1.87. The van der Waals surface area contributed by atoms with Gasteiger partial charge < -0.3 is 10.4 Å². The van der Waals surface area contributed by atoms with E-state index < -0.39 is 0 Å². The maximum Gasteiger partial charge on any atom is 0.143 e. The maximum atomic E-state index is 10.2. The van der Waals surface area contributed by atoms with Crippen LogP contribution in [0.5, 0.6) is 5.75 Å². The molecule has 4 aromatic rings. The molecule has 5 heteroatoms. The first kappa shape index (κ1) is 16.5. The van der Waals surface area contributed by atoms with Crippen molar-refractivity contribution in [1.82, 2.24) is 9.97 Å². The van der Waals surface area contributed by atoms with Gasteiger partial charge in [-0.05, 0) is 55.2 Å². The van der Waals surface area contributed by atoms with Crippen LogP contribution in [0.25, 0.3) is 21.3 Å². The number of aromatic hydroxyl groups is 1. The van der Waals surface area contributed by atoms with Gasteiger partial charge in [0.2, 0.25) is 0 Å². The predicted octanol–water partition coefficient (Wildman–Crippen LogP) is 5.73. The molecule has 0 saturated carbocycles. The van der Waals surface area contributed by atoms with Gasteiger partial charge in [0.05, 0.1) is 11.1 Å². The van der Waals surface area contributed by atoms with E-state index in [1.807, 2.05) is 19.1 Å². The summed E-state index contributed by atoms with van der Waals surface area (Å²) in [6.45, 7) is 6.22. The largest absolute Gasteiger partial charge is 0.506 e. The molecule has 0 amide bonds. The third-order valence-electron chi connectivity index (χ3n) is 4.59. The van der Waals surface area contributed by atoms with Crippen LogP contribution in [0.2, 0.25) is 0 Å². The van der Waals surface area contributed by atoms with E-state index >= 15 is 0 Å². The molecular formula is C21H19N3OS. The van der Waals surface area contributed by atoms with Crippen LogP contribution < -0.4 is 5.32 Å². The summed E-state index contributed by atoms with van der Waals surface area (Å²) in [5.74, 6) is 0.899. The Morgan fingerprint density at radius 1 is 0.962 bits per heavy atom. The zero-order chi connectivity index (χ0) is 18.3. The number of benzene rings is 2. The molecule has 0 radical (unpaired) electrons. The summed E-state index contributed by atoms with van der Waals surface area (Å²) in [5.41, 5.74) is 6.48. The lowest BCUT2D eigenvalue weighted by molar-refractivity contribution is 0.477. The van der Waals surface area contributed by atoms with Gasteiger partial charge in [0.25, 0.3) is 0 Å². The highest BCUT2D eigenvalue weighted by atomic mass is 32.1. The molecule has 2 heterocycles. The lowest BCUT2D eigenvalue weighted by Crippen LogP contribution is -1.96. The van der Waals surface area contributed by atoms with E-state index in [9.17, 15) is 5.11 Å². The molecule has 26 heavy (non-hydrogen) atoms. The minimum atomic E-state index is 0.199. The van der Waals surface area contributed by atoms with Crippen molar-refractivity contribution in [2.24, 2.45) is 0 Å². The minimum absolute atomic E-state index is 0.199. The van der Waals surface area contributed by atoms with E-state index in [0.717, 1.165) is 26.9 Å². The molecular weight excluding hydrogens is 342 g/mol. The minimum Gasteiger partial charge on any atom is -0.506 e. The Labute approximate surface area is 156 Å². The molecule has 2 aromatic heterocycles. The van der Waals surface area contributed by atoms with Crippen LogP contribution in [0.4, 0.5) is 11.5 Å². The SMILES string of the molecule is Cc1ccc(O)c(Nc2ncnc3scc(-c4ccc(C)c(C)c4)c23)c1. The monoisotopic (exact) mass is 361 g/mol. The number of hydrogen-bond acceptors (Lipinski definition) is 5. The van der Waals surface area contributed by atoms with Gasteiger partial charge >= 0.3 is 0 Å². The number of phenolic OH excluding ortho intramolecular Hbond substituents is 1. The lowest BCUT2D eigenvalue weighted by atomic mass is 10.0. The maximum absolute atomic E-state index is 10.2. The van der Waals surface area contributed by atoms with Crippen LogP contribution in [-0.2, 0) is 0 Å². The summed E-state index contributed by atoms with van der Waals surface area (Å²) in [4.78, 5) is 9.78. The molecule has 0 aliphatic rings. The zero-order valence-corrected chi connectivity index (χ0v) is 15.7. The third-order valence-corrected chi connectivity index (χ3v) is 5.48. The van der Waals surface area contributed by atoms with E-state index in [0.29, 0.717) is 11.5 Å². The number of nitrogens with zero attached hydrogens (tertiary/aromatic N) is 2. The Kier molecular flexibility index (Phi) is 4.09. The topological polar surface area (TPSA) is 58.0 Å². The first-order valence-corrected chi connectivity index (χ1v) is 9.27. The van der Waals surface area contributed by atoms with Crippen molar-refractivity contribution >= 4 is 33.1 Å². The number of aryl methyl sites for hydroxylation is 3. The van der Waals surface area contributed by atoms with Gasteiger partial charge in [0.1, 0.15) is 22.7 Å². The van der Waals surface area contributed by atoms with Gasteiger partial charge in [0, 0.05) is 10.9 Å². The highest BCUT2D eigenvalue weighted by Gasteiger charge is 2.15. The molecule has 0 atom stereocenters. The van der Waals surface area contributed by atoms with Gasteiger partial charge in [0.15, 0.2) is 0 Å². The van der Waals surface area contributed by atoms with Crippen LogP contribution in [0.1, 0.15) is 16.7 Å². The quantitative estimate of drug-likeness (QED) is 0.457. The summed E-state index contributed by atoms with van der Waals surface area (Å²) in [7, 11) is 0. The van der Waals surface area contributed by atoms with Crippen LogP contribution >= 0.6 is 11.3 Å². The fourth-order valence-electron chi connectivity index (χ4n) is 2.97. The van der Waals surface area contributed by atoms with Crippen molar-refractivity contribution in [3.8, 4) is 16.9 Å². The molecule has 0 saturated heterocycles. The van der Waals surface area contributed by atoms with E-state index in [4.69, 9.17) is 0 Å². The molecule has 0 spiro atoms. The molecule has 0 aliphatic heterocycles. The lowest BCUT2D eigenvalue weighted by Gasteiger charge is -2.11. The fourth-order valence-corrected chi connectivity index (χ4v) is 3.88. The van der Waals surface area contributed by atoms with Gasteiger partial charge in [-0.15, -0.1) is 11.3 Å². The van der Waals surface area contributed by atoms with Gasteiger partial charge in [-0.25, -0.2) is 9.97 Å². The molecule has 0 fully saturated rings. The van der Waals surface area contributed by atoms with Crippen LogP contribution in [0.15, 0.2) is 48.1 Å². The molecule has 130 valence electrons. The van der Waals surface area contributed by atoms with Gasteiger partial charge in [-0.3, -0.25) is 0 Å². The molecule has 4 rings (SSSR count). The molecule has 0 bridgehead atoms. The number of anilines is 2. The van der Waals surface area contributed by atoms with E-state index in [2.05, 4.69) is 52.7 Å². The standard InChI is InChI=1S/C21H19N3OS/c1-12-4-7-18(25)17(8-12)24-20-19-16(10-26-21(19)23-11-22-20)15-6-5-13(2)14(3)9-15/h4-11,25H,1-3H3,(H,22,23,24). The Hall–Kier alpha value is -2.92. The summed E-state index contributed by atoms with van der Waals surface area (Å²) >= 11 is 1.60. The molecule has 2 N–H and O–H groups in total. The van der Waals surface area contributed by atoms with Crippen molar-refractivity contribution in [3.05, 3.63) is 64.8 Å². The number of nitrogens with one attached hydrogen (secondary N) is 1. The number of hydrogen-bond donors (Lipinski definition) is 2. The van der Waals surface area contributed by atoms with E-state index in [-0.39, 0.29) is 5.75 Å². The fraction of sp³-hybridized carbons (Fsp3) is 0.143. The Morgan fingerprint density at radius 2 is 1.81 bits per heavy atom. The third kappa shape index (κ3) is 2.91. The van der Waals surface area contributed by atoms with Crippen molar-refractivity contribution < 1.29 is 5.11 Å². The van der Waals surface area contributed by atoms with Crippen LogP contribution in [-0.4, -0.2) is 15.1 Å². The smallest absolute Gasteiger partial charge is 0.143 e. The highest BCUT2D eigenvalue weighted by molar-refractivity contribution is 7.17. The van der Waals surface area contributed by atoms with E-state index in [1.54, 1.807) is 23.7 Å². The first-order valence-electron chi connectivity index (χ1n) is 8.39. The summed E-state index contributed by atoms with van der Waals surface area (Å²) in [6, 6.07) is 11.9.